The fourth-order valence-electron chi connectivity index (χ4n) is 3.70. The summed E-state index contributed by atoms with van der Waals surface area (Å²) in [7, 11) is 2.78. The molecule has 0 spiro atoms. The molecule has 3 aromatic heterocycles. The monoisotopic (exact) mass is 452 g/mol. The number of fused-ring (bicyclic) bond motifs is 1. The number of hydrogen-bond acceptors (Lipinski definition) is 7. The molecule has 0 N–H and O–H groups in total. The molecule has 0 saturated heterocycles. The van der Waals surface area contributed by atoms with Crippen LogP contribution in [0.5, 0.6) is 5.75 Å². The Kier molecular flexibility index (Phi) is 5.91. The minimum Gasteiger partial charge on any atom is -0.495 e. The van der Waals surface area contributed by atoms with E-state index in [0.717, 1.165) is 0 Å². The van der Waals surface area contributed by atoms with Crippen molar-refractivity contribution in [2.24, 2.45) is 5.92 Å². The van der Waals surface area contributed by atoms with Gasteiger partial charge in [-0.05, 0) is 30.2 Å². The van der Waals surface area contributed by atoms with E-state index in [2.05, 4.69) is 9.72 Å². The van der Waals surface area contributed by atoms with E-state index < -0.39 is 17.2 Å². The highest BCUT2D eigenvalue weighted by Gasteiger charge is 2.22. The predicted molar refractivity (Wildman–Crippen MR) is 120 cm³/mol. The van der Waals surface area contributed by atoms with Crippen molar-refractivity contribution < 1.29 is 18.7 Å². The molecule has 0 saturated carbocycles. The highest BCUT2D eigenvalue weighted by Crippen LogP contribution is 2.23. The Hall–Kier alpha value is -4.08. The Morgan fingerprint density at radius 1 is 1.12 bits per heavy atom. The van der Waals surface area contributed by atoms with Crippen LogP contribution in [-0.2, 0) is 17.8 Å². The van der Waals surface area contributed by atoms with Gasteiger partial charge in [0.15, 0.2) is 11.2 Å². The van der Waals surface area contributed by atoms with Gasteiger partial charge in [-0.1, -0.05) is 26.0 Å². The van der Waals surface area contributed by atoms with E-state index in [4.69, 9.17) is 9.15 Å². The summed E-state index contributed by atoms with van der Waals surface area (Å²) >= 11 is 0. The Balaban J connectivity index is 1.95. The van der Waals surface area contributed by atoms with E-state index >= 15 is 0 Å². The maximum Gasteiger partial charge on any atom is 0.373 e. The van der Waals surface area contributed by atoms with Crippen LogP contribution in [0.4, 0.5) is 0 Å². The summed E-state index contributed by atoms with van der Waals surface area (Å²) in [5.74, 6) is 0.419. The van der Waals surface area contributed by atoms with Crippen molar-refractivity contribution in [2.45, 2.75) is 26.9 Å². The second kappa shape index (κ2) is 8.81. The number of esters is 1. The normalized spacial score (nSPS) is 11.3. The zero-order chi connectivity index (χ0) is 23.7. The lowest BCUT2D eigenvalue weighted by Crippen LogP contribution is -2.41. The molecule has 3 heterocycles. The third-order valence-electron chi connectivity index (χ3n) is 5.15. The van der Waals surface area contributed by atoms with E-state index in [1.54, 1.807) is 34.9 Å². The second-order valence-corrected chi connectivity index (χ2v) is 7.90. The average Bonchev–Trinajstić information content (AvgIpc) is 3.44. The van der Waals surface area contributed by atoms with Crippen molar-refractivity contribution in [1.29, 1.82) is 0 Å². The highest BCUT2D eigenvalue weighted by molar-refractivity contribution is 5.86. The van der Waals surface area contributed by atoms with Crippen molar-refractivity contribution in [1.82, 2.24) is 18.7 Å². The van der Waals surface area contributed by atoms with Gasteiger partial charge in [-0.2, -0.15) is 0 Å². The number of hydrogen-bond donors (Lipinski definition) is 0. The third kappa shape index (κ3) is 3.95. The number of carbonyl (C=O) groups excluding carboxylic acids is 1. The lowest BCUT2D eigenvalue weighted by molar-refractivity contribution is 0.0563. The number of nitrogens with zero attached hydrogens (tertiary/aromatic N) is 4. The topological polar surface area (TPSA) is 110 Å². The molecule has 0 radical (unpaired) electrons. The number of imidazole rings is 1. The zero-order valence-corrected chi connectivity index (χ0v) is 18.8. The summed E-state index contributed by atoms with van der Waals surface area (Å²) in [6.07, 6.45) is 1.47. The molecular weight excluding hydrogens is 428 g/mol. The first-order valence-electron chi connectivity index (χ1n) is 10.4. The Morgan fingerprint density at radius 2 is 1.88 bits per heavy atom. The summed E-state index contributed by atoms with van der Waals surface area (Å²) < 4.78 is 19.9. The van der Waals surface area contributed by atoms with E-state index in [9.17, 15) is 14.4 Å². The quantitative estimate of drug-likeness (QED) is 0.396. The molecule has 0 amide bonds. The molecule has 4 rings (SSSR count). The smallest absolute Gasteiger partial charge is 0.373 e. The molecule has 10 heteroatoms. The van der Waals surface area contributed by atoms with E-state index in [1.165, 1.54) is 35.7 Å². The van der Waals surface area contributed by atoms with E-state index in [0.29, 0.717) is 17.2 Å². The number of aromatic nitrogens is 4. The van der Waals surface area contributed by atoms with Gasteiger partial charge in [-0.25, -0.2) is 19.1 Å². The third-order valence-corrected chi connectivity index (χ3v) is 5.15. The number of para-hydroxylation sites is 2. The fraction of sp³-hybridized carbons (Fsp3) is 0.304. The van der Waals surface area contributed by atoms with Crippen LogP contribution in [0.3, 0.4) is 0 Å². The number of ether oxygens (including phenoxy) is 2. The predicted octanol–water partition coefficient (Wildman–Crippen LogP) is 2.44. The van der Waals surface area contributed by atoms with E-state index in [-0.39, 0.29) is 35.9 Å². The van der Waals surface area contributed by atoms with E-state index in [1.807, 2.05) is 13.8 Å². The van der Waals surface area contributed by atoms with Crippen LogP contribution in [0, 0.1) is 5.92 Å². The van der Waals surface area contributed by atoms with Crippen LogP contribution >= 0.6 is 0 Å². The van der Waals surface area contributed by atoms with Crippen LogP contribution in [-0.4, -0.2) is 38.9 Å². The van der Waals surface area contributed by atoms with Gasteiger partial charge in [0.05, 0.1) is 32.8 Å². The number of carbonyl (C=O) groups is 1. The zero-order valence-electron chi connectivity index (χ0n) is 18.8. The lowest BCUT2D eigenvalue weighted by atomic mass is 10.2. The standard InChI is InChI=1S/C23H24N4O6/c1-14(2)11-26-21(28)19-20(27(23(26)30)16-7-5-6-8-17(16)31-3)24-13-25(19)12-15-9-10-18(33-15)22(29)32-4/h5-10,13-14H,11-12H2,1-4H3. The molecule has 1 aromatic carbocycles. The first-order chi connectivity index (χ1) is 15.8. The van der Waals surface area contributed by atoms with Crippen molar-refractivity contribution in [2.75, 3.05) is 14.2 Å². The molecular formula is C23H24N4O6. The first kappa shape index (κ1) is 22.1. The van der Waals surface area contributed by atoms with Crippen LogP contribution in [0.1, 0.15) is 30.2 Å². The van der Waals surface area contributed by atoms with Gasteiger partial charge >= 0.3 is 11.7 Å². The second-order valence-electron chi connectivity index (χ2n) is 7.90. The minimum absolute atomic E-state index is 0.0556. The molecule has 33 heavy (non-hydrogen) atoms. The van der Waals surface area contributed by atoms with Gasteiger partial charge in [-0.15, -0.1) is 0 Å². The molecule has 0 atom stereocenters. The van der Waals surface area contributed by atoms with Gasteiger partial charge in [0, 0.05) is 6.54 Å². The first-order valence-corrected chi connectivity index (χ1v) is 10.4. The van der Waals surface area contributed by atoms with Gasteiger partial charge in [0.1, 0.15) is 11.5 Å². The van der Waals surface area contributed by atoms with Gasteiger partial charge < -0.3 is 18.5 Å². The van der Waals surface area contributed by atoms with Crippen LogP contribution in [0.15, 0.2) is 56.7 Å². The number of methoxy groups -OCH3 is 2. The Labute approximate surface area is 188 Å². The van der Waals surface area contributed by atoms with Crippen LogP contribution in [0.25, 0.3) is 16.9 Å². The molecule has 172 valence electrons. The number of rotatable bonds is 7. The number of furan rings is 1. The summed E-state index contributed by atoms with van der Waals surface area (Å²) in [6.45, 7) is 4.23. The summed E-state index contributed by atoms with van der Waals surface area (Å²) in [4.78, 5) is 42.9. The molecule has 0 fully saturated rings. The summed E-state index contributed by atoms with van der Waals surface area (Å²) in [6, 6.07) is 10.2. The average molecular weight is 452 g/mol. The molecule has 0 unspecified atom stereocenters. The van der Waals surface area contributed by atoms with Crippen molar-refractivity contribution in [3.63, 3.8) is 0 Å². The van der Waals surface area contributed by atoms with Crippen molar-refractivity contribution >= 4 is 17.1 Å². The van der Waals surface area contributed by atoms with Crippen molar-refractivity contribution in [3.05, 3.63) is 75.1 Å². The molecule has 0 aliphatic carbocycles. The molecule has 0 bridgehead atoms. The molecule has 0 aliphatic heterocycles. The van der Waals surface area contributed by atoms with Crippen LogP contribution in [0.2, 0.25) is 0 Å². The van der Waals surface area contributed by atoms with Gasteiger partial charge in [0.2, 0.25) is 5.76 Å². The Morgan fingerprint density at radius 3 is 2.58 bits per heavy atom. The van der Waals surface area contributed by atoms with Gasteiger partial charge in [-0.3, -0.25) is 9.36 Å². The maximum atomic E-state index is 13.4. The maximum absolute atomic E-state index is 13.4. The Bertz CT molecular complexity index is 1440. The van der Waals surface area contributed by atoms with Crippen molar-refractivity contribution in [3.8, 4) is 11.4 Å². The summed E-state index contributed by atoms with van der Waals surface area (Å²) in [5.41, 5.74) is -0.0378. The highest BCUT2D eigenvalue weighted by atomic mass is 16.5. The lowest BCUT2D eigenvalue weighted by Gasteiger charge is -2.15. The fourth-order valence-corrected chi connectivity index (χ4v) is 3.70. The summed E-state index contributed by atoms with van der Waals surface area (Å²) in [5, 5.41) is 0. The van der Waals surface area contributed by atoms with Crippen LogP contribution < -0.4 is 16.0 Å². The largest absolute Gasteiger partial charge is 0.495 e. The van der Waals surface area contributed by atoms with Gasteiger partial charge in [0.25, 0.3) is 5.56 Å². The molecule has 4 aromatic rings. The SMILES string of the molecule is COC(=O)c1ccc(Cn2cnc3c2c(=O)n(CC(C)C)c(=O)n3-c2ccccc2OC)o1. The molecule has 10 nitrogen and oxygen atoms in total. The number of benzene rings is 1. The molecule has 0 aliphatic rings. The minimum atomic E-state index is -0.596.